The first kappa shape index (κ1) is 7.32. The van der Waals surface area contributed by atoms with Gasteiger partial charge in [0.25, 0.3) is 0 Å². The van der Waals surface area contributed by atoms with E-state index in [2.05, 4.69) is 34.1 Å². The van der Waals surface area contributed by atoms with Gasteiger partial charge >= 0.3 is 0 Å². The van der Waals surface area contributed by atoms with E-state index >= 15 is 0 Å². The summed E-state index contributed by atoms with van der Waals surface area (Å²) in [5.41, 5.74) is 7.11. The minimum absolute atomic E-state index is 0.397. The molecule has 1 aromatic rings. The molecule has 2 N–H and O–H groups in total. The Hall–Kier alpha value is -0.340. The van der Waals surface area contributed by atoms with Crippen molar-refractivity contribution in [1.29, 1.82) is 0 Å². The van der Waals surface area contributed by atoms with Crippen molar-refractivity contribution in [3.63, 3.8) is 0 Å². The van der Waals surface area contributed by atoms with Crippen LogP contribution in [-0.2, 0) is 0 Å². The number of nitrogens with two attached hydrogens (primary N) is 1. The van der Waals surface area contributed by atoms with Crippen molar-refractivity contribution in [3.05, 3.63) is 34.3 Å². The Kier molecular flexibility index (Phi) is 1.74. The van der Waals surface area contributed by atoms with Crippen LogP contribution in [0.2, 0.25) is 0 Å². The summed E-state index contributed by atoms with van der Waals surface area (Å²) in [6.45, 7) is 0. The molecule has 1 aliphatic rings. The van der Waals surface area contributed by atoms with Gasteiger partial charge in [-0.3, -0.25) is 0 Å². The topological polar surface area (TPSA) is 26.0 Å². The van der Waals surface area contributed by atoms with Crippen molar-refractivity contribution in [2.45, 2.75) is 18.4 Å². The molecule has 58 valence electrons. The van der Waals surface area contributed by atoms with Gasteiger partial charge in [0.2, 0.25) is 0 Å². The average Bonchev–Trinajstić information content (AvgIpc) is 2.68. The maximum Gasteiger partial charge on any atom is 0.0210 e. The smallest absolute Gasteiger partial charge is 0.0210 e. The second-order valence-electron chi connectivity index (χ2n) is 3.03. The third-order valence-corrected chi connectivity index (χ3v) is 2.87. The fraction of sp³-hybridized carbons (Fsp3) is 0.333. The predicted octanol–water partition coefficient (Wildman–Crippen LogP) is 2.26. The van der Waals surface area contributed by atoms with Gasteiger partial charge < -0.3 is 5.73 Å². The largest absolute Gasteiger partial charge is 0.327 e. The van der Waals surface area contributed by atoms with Crippen LogP contribution >= 0.6 is 15.9 Å². The van der Waals surface area contributed by atoms with Gasteiger partial charge in [-0.2, -0.15) is 0 Å². The van der Waals surface area contributed by atoms with Gasteiger partial charge in [-0.05, 0) is 18.1 Å². The van der Waals surface area contributed by atoms with Gasteiger partial charge in [0.15, 0.2) is 0 Å². The summed E-state index contributed by atoms with van der Waals surface area (Å²) < 4.78 is 1.19. The summed E-state index contributed by atoms with van der Waals surface area (Å²) in [5.74, 6) is 0.602. The predicted molar refractivity (Wildman–Crippen MR) is 49.5 cm³/mol. The molecule has 0 aromatic heterocycles. The maximum atomic E-state index is 5.75. The van der Waals surface area contributed by atoms with E-state index in [1.54, 1.807) is 0 Å². The first-order chi connectivity index (χ1) is 5.29. The molecule has 2 heteroatoms. The summed E-state index contributed by atoms with van der Waals surface area (Å²) in [4.78, 5) is 0. The van der Waals surface area contributed by atoms with Gasteiger partial charge in [-0.1, -0.05) is 34.1 Å². The SMILES string of the molecule is NC1C[C@H]1c1ccccc1Br. The summed E-state index contributed by atoms with van der Waals surface area (Å²) >= 11 is 3.51. The van der Waals surface area contributed by atoms with Gasteiger partial charge in [0.05, 0.1) is 0 Å². The highest BCUT2D eigenvalue weighted by atomic mass is 79.9. The summed E-state index contributed by atoms with van der Waals surface area (Å²) in [7, 11) is 0. The lowest BCUT2D eigenvalue weighted by atomic mass is 10.1. The lowest BCUT2D eigenvalue weighted by Crippen LogP contribution is -2.01. The van der Waals surface area contributed by atoms with Gasteiger partial charge in [0, 0.05) is 16.4 Å². The highest BCUT2D eigenvalue weighted by Crippen LogP contribution is 2.41. The lowest BCUT2D eigenvalue weighted by molar-refractivity contribution is 0.986. The van der Waals surface area contributed by atoms with Crippen molar-refractivity contribution in [2.24, 2.45) is 5.73 Å². The van der Waals surface area contributed by atoms with Crippen LogP contribution in [0.5, 0.6) is 0 Å². The minimum Gasteiger partial charge on any atom is -0.327 e. The molecular formula is C9H10BrN. The minimum atomic E-state index is 0.397. The molecule has 0 spiro atoms. The van der Waals surface area contributed by atoms with Crippen molar-refractivity contribution < 1.29 is 0 Å². The Morgan fingerprint density at radius 2 is 2.00 bits per heavy atom. The Bertz CT molecular complexity index is 272. The number of hydrogen-bond donors (Lipinski definition) is 1. The molecule has 1 unspecified atom stereocenters. The fourth-order valence-electron chi connectivity index (χ4n) is 1.35. The molecule has 1 nitrogen and oxygen atoms in total. The van der Waals surface area contributed by atoms with Crippen LogP contribution in [-0.4, -0.2) is 6.04 Å². The van der Waals surface area contributed by atoms with E-state index in [4.69, 9.17) is 5.73 Å². The van der Waals surface area contributed by atoms with Gasteiger partial charge in [0.1, 0.15) is 0 Å². The van der Waals surface area contributed by atoms with Crippen LogP contribution in [0.15, 0.2) is 28.7 Å². The van der Waals surface area contributed by atoms with Crippen LogP contribution in [0.4, 0.5) is 0 Å². The molecule has 0 bridgehead atoms. The molecule has 0 aliphatic heterocycles. The quantitative estimate of drug-likeness (QED) is 0.759. The zero-order chi connectivity index (χ0) is 7.84. The fourth-order valence-corrected chi connectivity index (χ4v) is 1.93. The van der Waals surface area contributed by atoms with E-state index in [1.807, 2.05) is 6.07 Å². The summed E-state index contributed by atoms with van der Waals surface area (Å²) in [6, 6.07) is 8.70. The van der Waals surface area contributed by atoms with Crippen molar-refractivity contribution >= 4 is 15.9 Å². The number of hydrogen-bond acceptors (Lipinski definition) is 1. The molecule has 1 saturated carbocycles. The van der Waals surface area contributed by atoms with E-state index in [0.717, 1.165) is 6.42 Å². The Labute approximate surface area is 74.7 Å². The molecule has 0 amide bonds. The number of rotatable bonds is 1. The van der Waals surface area contributed by atoms with Crippen LogP contribution < -0.4 is 5.73 Å². The van der Waals surface area contributed by atoms with Crippen molar-refractivity contribution in [3.8, 4) is 0 Å². The van der Waals surface area contributed by atoms with Crippen LogP contribution in [0, 0.1) is 0 Å². The monoisotopic (exact) mass is 211 g/mol. The maximum absolute atomic E-state index is 5.75. The highest BCUT2D eigenvalue weighted by Gasteiger charge is 2.35. The van der Waals surface area contributed by atoms with Crippen LogP contribution in [0.1, 0.15) is 17.9 Å². The third kappa shape index (κ3) is 1.33. The lowest BCUT2D eigenvalue weighted by Gasteiger charge is -2.00. The highest BCUT2D eigenvalue weighted by molar-refractivity contribution is 9.10. The first-order valence-corrected chi connectivity index (χ1v) is 4.58. The van der Waals surface area contributed by atoms with Crippen molar-refractivity contribution in [2.75, 3.05) is 0 Å². The zero-order valence-electron chi connectivity index (χ0n) is 6.13. The van der Waals surface area contributed by atoms with E-state index in [9.17, 15) is 0 Å². The Balaban J connectivity index is 2.31. The van der Waals surface area contributed by atoms with Crippen LogP contribution in [0.25, 0.3) is 0 Å². The molecule has 11 heavy (non-hydrogen) atoms. The van der Waals surface area contributed by atoms with E-state index in [0.29, 0.717) is 12.0 Å². The molecule has 0 saturated heterocycles. The van der Waals surface area contributed by atoms with Gasteiger partial charge in [-0.15, -0.1) is 0 Å². The number of halogens is 1. The van der Waals surface area contributed by atoms with Crippen molar-refractivity contribution in [1.82, 2.24) is 0 Å². The molecule has 0 radical (unpaired) electrons. The zero-order valence-corrected chi connectivity index (χ0v) is 7.71. The first-order valence-electron chi connectivity index (χ1n) is 3.79. The summed E-state index contributed by atoms with van der Waals surface area (Å²) in [5, 5.41) is 0. The second kappa shape index (κ2) is 2.61. The van der Waals surface area contributed by atoms with Crippen LogP contribution in [0.3, 0.4) is 0 Å². The van der Waals surface area contributed by atoms with E-state index in [-0.39, 0.29) is 0 Å². The molecule has 0 heterocycles. The molecule has 1 aromatic carbocycles. The molecule has 2 atom stereocenters. The van der Waals surface area contributed by atoms with Gasteiger partial charge in [-0.25, -0.2) is 0 Å². The molecular weight excluding hydrogens is 202 g/mol. The number of benzene rings is 1. The summed E-state index contributed by atoms with van der Waals surface area (Å²) in [6.07, 6.45) is 1.14. The third-order valence-electron chi connectivity index (χ3n) is 2.14. The average molecular weight is 212 g/mol. The Morgan fingerprint density at radius 1 is 1.36 bits per heavy atom. The molecule has 1 fully saturated rings. The normalized spacial score (nSPS) is 28.5. The molecule has 2 rings (SSSR count). The Morgan fingerprint density at radius 3 is 2.55 bits per heavy atom. The van der Waals surface area contributed by atoms with E-state index in [1.165, 1.54) is 10.0 Å². The second-order valence-corrected chi connectivity index (χ2v) is 3.88. The standard InChI is InChI=1S/C9H10BrN/c10-8-4-2-1-3-6(8)7-5-9(7)11/h1-4,7,9H,5,11H2/t7-,9?/m0/s1. The molecule has 1 aliphatic carbocycles. The van der Waals surface area contributed by atoms with E-state index < -0.39 is 0 Å².